The van der Waals surface area contributed by atoms with Crippen LogP contribution in [0.2, 0.25) is 0 Å². The number of carbonyl (C=O) groups is 3. The zero-order chi connectivity index (χ0) is 43.5. The number of hydrogen-bond donors (Lipinski definition) is 1. The number of carboxylic acids is 1. The minimum Gasteiger partial charge on any atom is -0.477 e. The first-order valence-electron chi connectivity index (χ1n) is 23.5. The van der Waals surface area contributed by atoms with Gasteiger partial charge in [-0.05, 0) is 70.6 Å². The smallest absolute Gasteiger partial charge is 0.362 e. The van der Waals surface area contributed by atoms with Crippen LogP contribution in [0.3, 0.4) is 0 Å². The molecule has 0 rings (SSSR count). The van der Waals surface area contributed by atoms with E-state index in [0.717, 1.165) is 64.2 Å². The van der Waals surface area contributed by atoms with E-state index in [1.54, 1.807) is 0 Å². The van der Waals surface area contributed by atoms with Gasteiger partial charge in [-0.3, -0.25) is 9.59 Å². The molecule has 0 aromatic rings. The molecule has 0 heterocycles. The predicted molar refractivity (Wildman–Crippen MR) is 247 cm³/mol. The second kappa shape index (κ2) is 41.5. The Kier molecular flexibility index (Phi) is 39.2. The Morgan fingerprint density at radius 1 is 0.525 bits per heavy atom. The van der Waals surface area contributed by atoms with E-state index in [0.29, 0.717) is 19.3 Å². The molecule has 8 nitrogen and oxygen atoms in total. The Balaban J connectivity index is 4.45. The molecule has 8 heteroatoms. The molecule has 0 fully saturated rings. The van der Waals surface area contributed by atoms with Crippen LogP contribution >= 0.6 is 0 Å². The fourth-order valence-corrected chi connectivity index (χ4v) is 6.46. The van der Waals surface area contributed by atoms with Crippen molar-refractivity contribution < 1.29 is 38.2 Å². The number of ether oxygens (including phenoxy) is 3. The maximum Gasteiger partial charge on any atom is 0.362 e. The van der Waals surface area contributed by atoms with E-state index in [1.165, 1.54) is 77.0 Å². The molecule has 0 aromatic heterocycles. The molecule has 59 heavy (non-hydrogen) atoms. The molecule has 0 saturated heterocycles. The SMILES string of the molecule is CCCCCCC/C=C/C=C/C=C/CCCCCCCC(=O)OCC(COCCC(C(=O)O)[N+](C)(C)C)OC(=O)CCC/C=C/C/C=C/C/C=C/CCCCCCCC. The van der Waals surface area contributed by atoms with Crippen LogP contribution in [-0.4, -0.2) is 80.6 Å². The molecule has 0 amide bonds. The standard InChI is InChI=1S/C51H87NO7/c1-6-8-10-12-14-16-18-20-22-24-26-27-29-31-33-35-37-39-41-49(53)58-46-47(45-57-44-43-48(51(55)56)52(3,4)5)59-50(54)42-40-38-36-34-32-30-28-25-23-21-19-17-15-13-11-9-7-2/h18,20-24,26-28,30,34,36,47-48H,6-17,19,25,29,31-33,35,37-46H2,1-5H3/p+1/b20-18+,23-21+,24-22+,27-26+,30-28+,36-34+. The van der Waals surface area contributed by atoms with Crippen LogP contribution in [-0.2, 0) is 28.6 Å². The summed E-state index contributed by atoms with van der Waals surface area (Å²) in [4.78, 5) is 37.0. The van der Waals surface area contributed by atoms with Gasteiger partial charge < -0.3 is 23.8 Å². The molecule has 0 spiro atoms. The second-order valence-corrected chi connectivity index (χ2v) is 16.7. The molecule has 338 valence electrons. The van der Waals surface area contributed by atoms with E-state index in [-0.39, 0.29) is 42.7 Å². The van der Waals surface area contributed by atoms with Gasteiger partial charge in [0.25, 0.3) is 0 Å². The lowest BCUT2D eigenvalue weighted by Gasteiger charge is -2.31. The van der Waals surface area contributed by atoms with E-state index in [4.69, 9.17) is 14.2 Å². The van der Waals surface area contributed by atoms with Crippen molar-refractivity contribution in [2.45, 2.75) is 193 Å². The van der Waals surface area contributed by atoms with E-state index < -0.39 is 18.1 Å². The topological polar surface area (TPSA) is 99.1 Å². The monoisotopic (exact) mass is 827 g/mol. The first-order valence-corrected chi connectivity index (χ1v) is 23.5. The minimum atomic E-state index is -0.888. The summed E-state index contributed by atoms with van der Waals surface area (Å²) in [5.74, 6) is -1.57. The maximum absolute atomic E-state index is 12.7. The van der Waals surface area contributed by atoms with Crippen LogP contribution in [0, 0.1) is 0 Å². The van der Waals surface area contributed by atoms with Gasteiger partial charge >= 0.3 is 17.9 Å². The van der Waals surface area contributed by atoms with Gasteiger partial charge in [-0.15, -0.1) is 0 Å². The second-order valence-electron chi connectivity index (χ2n) is 16.7. The first-order chi connectivity index (χ1) is 28.6. The van der Waals surface area contributed by atoms with Crippen LogP contribution in [0.15, 0.2) is 72.9 Å². The molecule has 0 aliphatic carbocycles. The summed E-state index contributed by atoms with van der Waals surface area (Å²) in [7, 11) is 5.50. The number of carbonyl (C=O) groups excluding carboxylic acids is 2. The number of esters is 2. The molecular formula is C51H88NO7+. The van der Waals surface area contributed by atoms with Crippen molar-refractivity contribution in [3.05, 3.63) is 72.9 Å². The van der Waals surface area contributed by atoms with Crippen molar-refractivity contribution in [2.24, 2.45) is 0 Å². The van der Waals surface area contributed by atoms with Gasteiger partial charge in [0.15, 0.2) is 12.1 Å². The average Bonchev–Trinajstić information content (AvgIpc) is 3.19. The Bertz CT molecular complexity index is 1190. The van der Waals surface area contributed by atoms with Crippen molar-refractivity contribution in [3.63, 3.8) is 0 Å². The molecule has 0 aliphatic rings. The number of carboxylic acid groups (broad SMARTS) is 1. The van der Waals surface area contributed by atoms with Gasteiger partial charge in [-0.1, -0.05) is 164 Å². The van der Waals surface area contributed by atoms with Crippen LogP contribution < -0.4 is 0 Å². The molecule has 0 aromatic carbocycles. The van der Waals surface area contributed by atoms with Gasteiger partial charge in [-0.25, -0.2) is 4.79 Å². The predicted octanol–water partition coefficient (Wildman–Crippen LogP) is 13.1. The summed E-state index contributed by atoms with van der Waals surface area (Å²) in [5, 5.41) is 9.63. The highest BCUT2D eigenvalue weighted by Gasteiger charge is 2.31. The van der Waals surface area contributed by atoms with Crippen LogP contribution in [0.1, 0.15) is 181 Å². The molecular weight excluding hydrogens is 739 g/mol. The first kappa shape index (κ1) is 55.8. The highest BCUT2D eigenvalue weighted by Crippen LogP contribution is 2.12. The summed E-state index contributed by atoms with van der Waals surface area (Å²) < 4.78 is 17.2. The van der Waals surface area contributed by atoms with Crippen LogP contribution in [0.4, 0.5) is 0 Å². The molecule has 0 saturated carbocycles. The lowest BCUT2D eigenvalue weighted by molar-refractivity contribution is -0.887. The quantitative estimate of drug-likeness (QED) is 0.0215. The Morgan fingerprint density at radius 2 is 0.983 bits per heavy atom. The molecule has 0 aliphatic heterocycles. The number of allylic oxidation sites excluding steroid dienone is 12. The van der Waals surface area contributed by atoms with Gasteiger partial charge in [0.1, 0.15) is 6.61 Å². The minimum absolute atomic E-state index is 0.0309. The summed E-state index contributed by atoms with van der Waals surface area (Å²) >= 11 is 0. The van der Waals surface area contributed by atoms with E-state index in [1.807, 2.05) is 21.1 Å². The lowest BCUT2D eigenvalue weighted by Crippen LogP contribution is -2.50. The van der Waals surface area contributed by atoms with Crippen LogP contribution in [0.5, 0.6) is 0 Å². The fourth-order valence-electron chi connectivity index (χ4n) is 6.46. The van der Waals surface area contributed by atoms with Crippen LogP contribution in [0.25, 0.3) is 0 Å². The third-order valence-corrected chi connectivity index (χ3v) is 10.1. The van der Waals surface area contributed by atoms with E-state index in [2.05, 4.69) is 86.8 Å². The van der Waals surface area contributed by atoms with Gasteiger partial charge in [0, 0.05) is 19.3 Å². The summed E-state index contributed by atoms with van der Waals surface area (Å²) in [6, 6.07) is -0.630. The normalized spacial score (nSPS) is 13.6. The van der Waals surface area contributed by atoms with E-state index >= 15 is 0 Å². The van der Waals surface area contributed by atoms with Crippen molar-refractivity contribution >= 4 is 17.9 Å². The highest BCUT2D eigenvalue weighted by atomic mass is 16.6. The number of aliphatic carboxylic acids is 1. The van der Waals surface area contributed by atoms with Gasteiger partial charge in [0.05, 0.1) is 34.4 Å². The largest absolute Gasteiger partial charge is 0.477 e. The summed E-state index contributed by atoms with van der Waals surface area (Å²) in [5.41, 5.74) is 0. The lowest BCUT2D eigenvalue weighted by atomic mass is 10.1. The van der Waals surface area contributed by atoms with Gasteiger partial charge in [0.2, 0.25) is 0 Å². The Hall–Kier alpha value is -3.23. The van der Waals surface area contributed by atoms with Crippen molar-refractivity contribution in [1.29, 1.82) is 0 Å². The summed E-state index contributed by atoms with van der Waals surface area (Å²) in [6.07, 6.45) is 52.4. The third kappa shape index (κ3) is 40.0. The molecule has 2 unspecified atom stereocenters. The Labute approximate surface area is 361 Å². The molecule has 1 N–H and O–H groups in total. The van der Waals surface area contributed by atoms with Crippen molar-refractivity contribution in [3.8, 4) is 0 Å². The van der Waals surface area contributed by atoms with E-state index in [9.17, 15) is 19.5 Å². The zero-order valence-electron chi connectivity index (χ0n) is 38.4. The molecule has 0 radical (unpaired) electrons. The summed E-state index contributed by atoms with van der Waals surface area (Å²) in [6.45, 7) is 4.63. The van der Waals surface area contributed by atoms with Crippen molar-refractivity contribution in [2.75, 3.05) is 41.0 Å². The average molecular weight is 827 g/mol. The number of rotatable bonds is 41. The zero-order valence-corrected chi connectivity index (χ0v) is 38.4. The Morgan fingerprint density at radius 3 is 1.51 bits per heavy atom. The molecule has 2 atom stereocenters. The van der Waals surface area contributed by atoms with Crippen molar-refractivity contribution in [1.82, 2.24) is 0 Å². The third-order valence-electron chi connectivity index (χ3n) is 10.1. The number of nitrogens with zero attached hydrogens (tertiary/aromatic N) is 1. The highest BCUT2D eigenvalue weighted by molar-refractivity contribution is 5.72. The molecule has 0 bridgehead atoms. The maximum atomic E-state index is 12.7. The number of unbranched alkanes of at least 4 members (excludes halogenated alkanes) is 17. The van der Waals surface area contributed by atoms with Gasteiger partial charge in [-0.2, -0.15) is 0 Å². The fraction of sp³-hybridized carbons (Fsp3) is 0.706. The number of likely N-dealkylation sites (N-methyl/N-ethyl adjacent to an activating group) is 1. The number of quaternary nitrogens is 1. The number of hydrogen-bond acceptors (Lipinski definition) is 6.